The number of carbonyl (C=O) groups is 2. The van der Waals surface area contributed by atoms with Crippen LogP contribution in [0.4, 0.5) is 5.69 Å². The van der Waals surface area contributed by atoms with Gasteiger partial charge in [-0.05, 0) is 78.6 Å². The summed E-state index contributed by atoms with van der Waals surface area (Å²) >= 11 is 6.59. The normalized spacial score (nSPS) is 16.9. The summed E-state index contributed by atoms with van der Waals surface area (Å²) in [6, 6.07) is 19.6. The molecule has 4 rings (SSSR count). The maximum absolute atomic E-state index is 13.7. The summed E-state index contributed by atoms with van der Waals surface area (Å²) in [7, 11) is 3.20. The molecule has 0 spiro atoms. The standard InChI is InChI=1S/C30H34ClN3O4/c1-37-24-12-7-20(8-13-24)17-29(35)33-23-11-16-26(31)22(18-23)19-34(28-6-4-3-5-27(28)32)30(36)21-9-14-25(38-2)15-10-21/h7-16,18,27-28H,3-6,17,19,32H2,1-2H3,(H,33,35). The summed E-state index contributed by atoms with van der Waals surface area (Å²) in [5, 5.41) is 3.47. The fourth-order valence-electron chi connectivity index (χ4n) is 4.86. The third-order valence-corrected chi connectivity index (χ3v) is 7.34. The van der Waals surface area contributed by atoms with Gasteiger partial charge in [0.05, 0.1) is 20.6 Å². The van der Waals surface area contributed by atoms with E-state index in [2.05, 4.69) is 5.32 Å². The first kappa shape index (κ1) is 27.5. The summed E-state index contributed by atoms with van der Waals surface area (Å²) in [5.74, 6) is 1.16. The van der Waals surface area contributed by atoms with Crippen LogP contribution in [-0.4, -0.2) is 43.0 Å². The van der Waals surface area contributed by atoms with Gasteiger partial charge in [-0.2, -0.15) is 0 Å². The Labute approximate surface area is 228 Å². The Morgan fingerprint density at radius 3 is 2.21 bits per heavy atom. The number of carbonyl (C=O) groups excluding carboxylic acids is 2. The minimum absolute atomic E-state index is 0.109. The lowest BCUT2D eigenvalue weighted by Gasteiger charge is -2.38. The Morgan fingerprint density at radius 1 is 0.947 bits per heavy atom. The number of benzene rings is 3. The van der Waals surface area contributed by atoms with E-state index < -0.39 is 0 Å². The van der Waals surface area contributed by atoms with Crippen molar-refractivity contribution >= 4 is 29.1 Å². The van der Waals surface area contributed by atoms with Crippen molar-refractivity contribution in [1.82, 2.24) is 4.90 Å². The molecule has 0 aliphatic heterocycles. The molecule has 7 nitrogen and oxygen atoms in total. The quantitative estimate of drug-likeness (QED) is 0.380. The fourth-order valence-corrected chi connectivity index (χ4v) is 5.03. The monoisotopic (exact) mass is 535 g/mol. The van der Waals surface area contributed by atoms with Gasteiger partial charge in [0.25, 0.3) is 5.91 Å². The van der Waals surface area contributed by atoms with E-state index in [1.165, 1.54) is 0 Å². The molecule has 1 aliphatic carbocycles. The highest BCUT2D eigenvalue weighted by molar-refractivity contribution is 6.31. The van der Waals surface area contributed by atoms with Crippen LogP contribution in [0.25, 0.3) is 0 Å². The Hall–Kier alpha value is -3.55. The number of nitrogens with two attached hydrogens (primary N) is 1. The first-order valence-corrected chi connectivity index (χ1v) is 13.2. The molecular weight excluding hydrogens is 502 g/mol. The molecular formula is C30H34ClN3O4. The van der Waals surface area contributed by atoms with Gasteiger partial charge in [0.2, 0.25) is 5.91 Å². The molecule has 3 aromatic rings. The van der Waals surface area contributed by atoms with Gasteiger partial charge in [-0.1, -0.05) is 36.6 Å². The van der Waals surface area contributed by atoms with Crippen LogP contribution in [0.1, 0.15) is 47.2 Å². The van der Waals surface area contributed by atoms with Crippen molar-refractivity contribution in [2.24, 2.45) is 5.73 Å². The molecule has 2 amide bonds. The predicted octanol–water partition coefficient (Wildman–Crippen LogP) is 5.45. The van der Waals surface area contributed by atoms with Gasteiger partial charge in [0, 0.05) is 34.9 Å². The summed E-state index contributed by atoms with van der Waals surface area (Å²) in [4.78, 5) is 28.3. The summed E-state index contributed by atoms with van der Waals surface area (Å²) in [5.41, 5.74) is 9.30. The van der Waals surface area contributed by atoms with Gasteiger partial charge in [-0.3, -0.25) is 9.59 Å². The molecule has 3 aromatic carbocycles. The number of hydrogen-bond donors (Lipinski definition) is 2. The van der Waals surface area contributed by atoms with E-state index >= 15 is 0 Å². The second kappa shape index (κ2) is 12.8. The summed E-state index contributed by atoms with van der Waals surface area (Å²) in [6.45, 7) is 0.282. The van der Waals surface area contributed by atoms with Crippen LogP contribution in [-0.2, 0) is 17.8 Å². The van der Waals surface area contributed by atoms with Crippen LogP contribution in [0.5, 0.6) is 11.5 Å². The Balaban J connectivity index is 1.53. The second-order valence-electron chi connectivity index (χ2n) is 9.56. The first-order valence-electron chi connectivity index (χ1n) is 12.8. The molecule has 0 saturated heterocycles. The molecule has 0 radical (unpaired) electrons. The maximum atomic E-state index is 13.7. The number of amides is 2. The van der Waals surface area contributed by atoms with Gasteiger partial charge >= 0.3 is 0 Å². The molecule has 0 aromatic heterocycles. The number of nitrogens with zero attached hydrogens (tertiary/aromatic N) is 1. The van der Waals surface area contributed by atoms with Crippen molar-refractivity contribution < 1.29 is 19.1 Å². The van der Waals surface area contributed by atoms with Crippen LogP contribution < -0.4 is 20.5 Å². The highest BCUT2D eigenvalue weighted by Crippen LogP contribution is 2.29. The van der Waals surface area contributed by atoms with Crippen molar-refractivity contribution in [2.75, 3.05) is 19.5 Å². The predicted molar refractivity (Wildman–Crippen MR) is 150 cm³/mol. The second-order valence-corrected chi connectivity index (χ2v) is 9.96. The largest absolute Gasteiger partial charge is 0.497 e. The first-order chi connectivity index (χ1) is 18.4. The Morgan fingerprint density at radius 2 is 1.58 bits per heavy atom. The summed E-state index contributed by atoms with van der Waals surface area (Å²) < 4.78 is 10.4. The molecule has 2 atom stereocenters. The SMILES string of the molecule is COc1ccc(CC(=O)Nc2ccc(Cl)c(CN(C(=O)c3ccc(OC)cc3)C3CCCCC3N)c2)cc1. The molecule has 200 valence electrons. The highest BCUT2D eigenvalue weighted by Gasteiger charge is 2.32. The molecule has 1 fully saturated rings. The summed E-state index contributed by atoms with van der Waals surface area (Å²) in [6.07, 6.45) is 3.99. The smallest absolute Gasteiger partial charge is 0.254 e. The average molecular weight is 536 g/mol. The number of ether oxygens (including phenoxy) is 2. The van der Waals surface area contributed by atoms with Crippen LogP contribution in [0, 0.1) is 0 Å². The van der Waals surface area contributed by atoms with Gasteiger partial charge in [-0.25, -0.2) is 0 Å². The van der Waals surface area contributed by atoms with Crippen molar-refractivity contribution in [3.8, 4) is 11.5 Å². The molecule has 0 heterocycles. The van der Waals surface area contributed by atoms with Gasteiger partial charge in [0.1, 0.15) is 11.5 Å². The van der Waals surface area contributed by atoms with E-state index in [-0.39, 0.29) is 36.9 Å². The Bertz CT molecular complexity index is 1250. The van der Waals surface area contributed by atoms with E-state index in [0.717, 1.165) is 42.6 Å². The highest BCUT2D eigenvalue weighted by atomic mass is 35.5. The zero-order valence-corrected chi connectivity index (χ0v) is 22.5. The van der Waals surface area contributed by atoms with Crippen LogP contribution >= 0.6 is 11.6 Å². The fraction of sp³-hybridized carbons (Fsp3) is 0.333. The zero-order valence-electron chi connectivity index (χ0n) is 21.8. The third-order valence-electron chi connectivity index (χ3n) is 6.97. The van der Waals surface area contributed by atoms with Crippen LogP contribution in [0.15, 0.2) is 66.7 Å². The number of anilines is 1. The van der Waals surface area contributed by atoms with Crippen LogP contribution in [0.3, 0.4) is 0 Å². The number of nitrogens with one attached hydrogen (secondary N) is 1. The van der Waals surface area contributed by atoms with Crippen molar-refractivity contribution in [1.29, 1.82) is 0 Å². The minimum atomic E-state index is -0.149. The van der Waals surface area contributed by atoms with Crippen molar-refractivity contribution in [3.05, 3.63) is 88.4 Å². The lowest BCUT2D eigenvalue weighted by Crippen LogP contribution is -2.51. The molecule has 0 bridgehead atoms. The number of hydrogen-bond acceptors (Lipinski definition) is 5. The number of methoxy groups -OCH3 is 2. The molecule has 1 saturated carbocycles. The minimum Gasteiger partial charge on any atom is -0.497 e. The van der Waals surface area contributed by atoms with Crippen molar-refractivity contribution in [3.63, 3.8) is 0 Å². The molecule has 3 N–H and O–H groups in total. The third kappa shape index (κ3) is 6.85. The van der Waals surface area contributed by atoms with Gasteiger partial charge < -0.3 is 25.4 Å². The molecule has 2 unspecified atom stereocenters. The Kier molecular flexibility index (Phi) is 9.26. The van der Waals surface area contributed by atoms with Gasteiger partial charge in [0.15, 0.2) is 0 Å². The van der Waals surface area contributed by atoms with E-state index in [1.54, 1.807) is 50.6 Å². The van der Waals surface area contributed by atoms with E-state index in [9.17, 15) is 9.59 Å². The zero-order chi connectivity index (χ0) is 27.1. The van der Waals surface area contributed by atoms with E-state index in [4.69, 9.17) is 26.8 Å². The molecule has 1 aliphatic rings. The lowest BCUT2D eigenvalue weighted by molar-refractivity contribution is -0.115. The molecule has 8 heteroatoms. The van der Waals surface area contributed by atoms with E-state index in [1.807, 2.05) is 35.2 Å². The van der Waals surface area contributed by atoms with Crippen molar-refractivity contribution in [2.45, 2.75) is 50.7 Å². The lowest BCUT2D eigenvalue weighted by atomic mass is 9.89. The average Bonchev–Trinajstić information content (AvgIpc) is 2.94. The number of rotatable bonds is 9. The topological polar surface area (TPSA) is 93.9 Å². The maximum Gasteiger partial charge on any atom is 0.254 e. The number of halogens is 1. The molecule has 38 heavy (non-hydrogen) atoms. The van der Waals surface area contributed by atoms with E-state index in [0.29, 0.717) is 22.0 Å². The van der Waals surface area contributed by atoms with Crippen LogP contribution in [0.2, 0.25) is 5.02 Å². The van der Waals surface area contributed by atoms with Gasteiger partial charge in [-0.15, -0.1) is 0 Å².